The fourth-order valence-electron chi connectivity index (χ4n) is 2.52. The zero-order valence-electron chi connectivity index (χ0n) is 13.5. The van der Waals surface area contributed by atoms with Gasteiger partial charge in [-0.2, -0.15) is 0 Å². The van der Waals surface area contributed by atoms with Gasteiger partial charge in [0.25, 0.3) is 0 Å². The summed E-state index contributed by atoms with van der Waals surface area (Å²) in [6.07, 6.45) is 3.51. The van der Waals surface area contributed by atoms with Crippen molar-refractivity contribution >= 4 is 11.6 Å². The molecule has 0 unspecified atom stereocenters. The van der Waals surface area contributed by atoms with Crippen LogP contribution in [0, 0.1) is 6.92 Å². The van der Waals surface area contributed by atoms with E-state index in [9.17, 15) is 4.79 Å². The van der Waals surface area contributed by atoms with Crippen molar-refractivity contribution in [3.05, 3.63) is 60.5 Å². The molecule has 0 bridgehead atoms. The lowest BCUT2D eigenvalue weighted by molar-refractivity contribution is -0.116. The van der Waals surface area contributed by atoms with Crippen LogP contribution in [-0.4, -0.2) is 17.4 Å². The Morgan fingerprint density at radius 1 is 1.17 bits per heavy atom. The van der Waals surface area contributed by atoms with Crippen LogP contribution < -0.4 is 11.1 Å². The number of hydrogen-bond donors (Lipinski definition) is 2. The number of carbonyl (C=O) groups excluding carboxylic acids is 1. The van der Waals surface area contributed by atoms with Gasteiger partial charge in [-0.25, -0.2) is 4.98 Å². The number of rotatable bonds is 5. The second kappa shape index (κ2) is 7.10. The van der Waals surface area contributed by atoms with Crippen LogP contribution in [0.3, 0.4) is 0 Å². The molecule has 0 spiro atoms. The van der Waals surface area contributed by atoms with Crippen molar-refractivity contribution in [3.63, 3.8) is 0 Å². The number of carbonyl (C=O) groups is 1. The Morgan fingerprint density at radius 3 is 2.58 bits per heavy atom. The number of anilines is 1. The highest BCUT2D eigenvalue weighted by atomic mass is 16.3. The highest BCUT2D eigenvalue weighted by Gasteiger charge is 2.08. The maximum atomic E-state index is 11.6. The predicted molar refractivity (Wildman–Crippen MR) is 94.4 cm³/mol. The lowest BCUT2D eigenvalue weighted by Gasteiger charge is -2.10. The van der Waals surface area contributed by atoms with E-state index in [1.54, 1.807) is 12.5 Å². The van der Waals surface area contributed by atoms with Gasteiger partial charge < -0.3 is 15.5 Å². The van der Waals surface area contributed by atoms with E-state index in [0.717, 1.165) is 27.9 Å². The van der Waals surface area contributed by atoms with Crippen molar-refractivity contribution in [1.82, 2.24) is 4.98 Å². The molecule has 0 atom stereocenters. The lowest BCUT2D eigenvalue weighted by atomic mass is 9.98. The van der Waals surface area contributed by atoms with Crippen LogP contribution in [0.4, 0.5) is 5.69 Å². The van der Waals surface area contributed by atoms with Gasteiger partial charge in [-0.05, 0) is 47.9 Å². The van der Waals surface area contributed by atoms with Gasteiger partial charge in [0.05, 0.1) is 6.20 Å². The average molecular weight is 321 g/mol. The molecule has 3 rings (SSSR count). The van der Waals surface area contributed by atoms with Crippen molar-refractivity contribution in [2.24, 2.45) is 5.73 Å². The Kier molecular flexibility index (Phi) is 4.72. The van der Waals surface area contributed by atoms with Crippen LogP contribution in [0.2, 0.25) is 0 Å². The van der Waals surface area contributed by atoms with Crippen molar-refractivity contribution in [2.75, 3.05) is 11.9 Å². The molecule has 0 aliphatic heterocycles. The van der Waals surface area contributed by atoms with Gasteiger partial charge in [0, 0.05) is 24.2 Å². The fraction of sp³-hybridized carbons (Fsp3) is 0.158. The smallest absolute Gasteiger partial charge is 0.225 e. The Morgan fingerprint density at radius 2 is 1.92 bits per heavy atom. The van der Waals surface area contributed by atoms with Crippen LogP contribution in [-0.2, 0) is 4.79 Å². The maximum Gasteiger partial charge on any atom is 0.225 e. The quantitative estimate of drug-likeness (QED) is 0.752. The molecule has 0 fully saturated rings. The Balaban J connectivity index is 1.86. The molecule has 3 aromatic rings. The number of nitrogens with zero attached hydrogens (tertiary/aromatic N) is 1. The molecule has 0 saturated heterocycles. The first-order valence-electron chi connectivity index (χ1n) is 7.78. The number of oxazole rings is 1. The van der Waals surface area contributed by atoms with E-state index in [2.05, 4.69) is 23.3 Å². The van der Waals surface area contributed by atoms with Crippen LogP contribution in [0.5, 0.6) is 0 Å². The Hall–Kier alpha value is -2.92. The van der Waals surface area contributed by atoms with E-state index >= 15 is 0 Å². The summed E-state index contributed by atoms with van der Waals surface area (Å²) in [7, 11) is 0. The number of nitrogens with two attached hydrogens (primary N) is 1. The van der Waals surface area contributed by atoms with Crippen molar-refractivity contribution in [1.29, 1.82) is 0 Å². The number of amides is 1. The minimum Gasteiger partial charge on any atom is -0.445 e. The number of aryl methyl sites for hydroxylation is 1. The standard InChI is InChI=1S/C19H19N3O2/c1-13-2-3-15(19-21-10-11-24-19)12-17(13)14-4-6-16(7-5-14)22-18(23)8-9-20/h2-7,10-12H,8-9,20H2,1H3,(H,22,23). The van der Waals surface area contributed by atoms with Gasteiger partial charge in [-0.3, -0.25) is 4.79 Å². The molecule has 3 N–H and O–H groups in total. The third-order valence-corrected chi connectivity index (χ3v) is 3.77. The monoisotopic (exact) mass is 321 g/mol. The minimum atomic E-state index is -0.0766. The van der Waals surface area contributed by atoms with E-state index < -0.39 is 0 Å². The number of nitrogens with one attached hydrogen (secondary N) is 1. The molecule has 0 aliphatic rings. The molecule has 0 aliphatic carbocycles. The summed E-state index contributed by atoms with van der Waals surface area (Å²) in [5.41, 5.74) is 10.4. The SMILES string of the molecule is Cc1ccc(-c2ncco2)cc1-c1ccc(NC(=O)CCN)cc1. The van der Waals surface area contributed by atoms with Crippen molar-refractivity contribution < 1.29 is 9.21 Å². The molecular formula is C19H19N3O2. The first kappa shape index (κ1) is 16.0. The minimum absolute atomic E-state index is 0.0766. The first-order chi connectivity index (χ1) is 11.7. The molecule has 122 valence electrons. The zero-order valence-corrected chi connectivity index (χ0v) is 13.5. The largest absolute Gasteiger partial charge is 0.445 e. The van der Waals surface area contributed by atoms with Gasteiger partial charge in [-0.1, -0.05) is 18.2 Å². The highest BCUT2D eigenvalue weighted by molar-refractivity contribution is 5.91. The van der Waals surface area contributed by atoms with Crippen LogP contribution in [0.1, 0.15) is 12.0 Å². The van der Waals surface area contributed by atoms with Gasteiger partial charge in [0.15, 0.2) is 0 Å². The van der Waals surface area contributed by atoms with E-state index in [1.807, 2.05) is 36.4 Å². The Bertz CT molecular complexity index is 824. The molecule has 1 amide bonds. The van der Waals surface area contributed by atoms with Crippen LogP contribution >= 0.6 is 0 Å². The van der Waals surface area contributed by atoms with E-state index in [4.69, 9.17) is 10.2 Å². The molecule has 0 saturated carbocycles. The summed E-state index contributed by atoms with van der Waals surface area (Å²) in [5, 5.41) is 2.83. The van der Waals surface area contributed by atoms with E-state index in [1.165, 1.54) is 0 Å². The Labute approximate surface area is 140 Å². The molecule has 24 heavy (non-hydrogen) atoms. The fourth-order valence-corrected chi connectivity index (χ4v) is 2.52. The second-order valence-corrected chi connectivity index (χ2v) is 5.53. The third-order valence-electron chi connectivity index (χ3n) is 3.77. The average Bonchev–Trinajstić information content (AvgIpc) is 3.11. The summed E-state index contributed by atoms with van der Waals surface area (Å²) in [5.74, 6) is 0.522. The van der Waals surface area contributed by atoms with Crippen LogP contribution in [0.15, 0.2) is 59.3 Å². The molecule has 1 aromatic heterocycles. The zero-order chi connectivity index (χ0) is 16.9. The maximum absolute atomic E-state index is 11.6. The van der Waals surface area contributed by atoms with E-state index in [-0.39, 0.29) is 5.91 Å². The highest BCUT2D eigenvalue weighted by Crippen LogP contribution is 2.29. The lowest BCUT2D eigenvalue weighted by Crippen LogP contribution is -2.15. The number of aromatic nitrogens is 1. The van der Waals surface area contributed by atoms with E-state index in [0.29, 0.717) is 18.9 Å². The molecule has 2 aromatic carbocycles. The van der Waals surface area contributed by atoms with Gasteiger partial charge in [-0.15, -0.1) is 0 Å². The molecular weight excluding hydrogens is 302 g/mol. The summed E-state index contributed by atoms with van der Waals surface area (Å²) in [6.45, 7) is 2.41. The molecule has 5 heteroatoms. The first-order valence-corrected chi connectivity index (χ1v) is 7.78. The third kappa shape index (κ3) is 3.52. The van der Waals surface area contributed by atoms with Gasteiger partial charge >= 0.3 is 0 Å². The molecule has 1 heterocycles. The topological polar surface area (TPSA) is 81.2 Å². The normalized spacial score (nSPS) is 10.6. The summed E-state index contributed by atoms with van der Waals surface area (Å²) >= 11 is 0. The van der Waals surface area contributed by atoms with Crippen molar-refractivity contribution in [2.45, 2.75) is 13.3 Å². The summed E-state index contributed by atoms with van der Waals surface area (Å²) < 4.78 is 5.37. The number of benzene rings is 2. The van der Waals surface area contributed by atoms with Crippen LogP contribution in [0.25, 0.3) is 22.6 Å². The molecule has 0 radical (unpaired) electrons. The van der Waals surface area contributed by atoms with Gasteiger partial charge in [0.1, 0.15) is 6.26 Å². The molecule has 5 nitrogen and oxygen atoms in total. The van der Waals surface area contributed by atoms with Crippen molar-refractivity contribution in [3.8, 4) is 22.6 Å². The second-order valence-electron chi connectivity index (χ2n) is 5.53. The predicted octanol–water partition coefficient (Wildman–Crippen LogP) is 3.60. The summed E-state index contributed by atoms with van der Waals surface area (Å²) in [4.78, 5) is 15.8. The number of hydrogen-bond acceptors (Lipinski definition) is 4. The summed E-state index contributed by atoms with van der Waals surface area (Å²) in [6, 6.07) is 13.8. The van der Waals surface area contributed by atoms with Gasteiger partial charge in [0.2, 0.25) is 11.8 Å².